The summed E-state index contributed by atoms with van der Waals surface area (Å²) >= 11 is 0. The first kappa shape index (κ1) is 24.1. The van der Waals surface area contributed by atoms with Crippen molar-refractivity contribution >= 4 is 16.9 Å². The third-order valence-electron chi connectivity index (χ3n) is 5.39. The summed E-state index contributed by atoms with van der Waals surface area (Å²) in [5, 5.41) is 1.10. The van der Waals surface area contributed by atoms with Crippen molar-refractivity contribution in [2.24, 2.45) is 0 Å². The van der Waals surface area contributed by atoms with Crippen molar-refractivity contribution in [1.29, 1.82) is 0 Å². The van der Waals surface area contributed by atoms with Crippen molar-refractivity contribution < 1.29 is 23.7 Å². The van der Waals surface area contributed by atoms with Crippen molar-refractivity contribution in [3.05, 3.63) is 95.2 Å². The second-order valence-electron chi connectivity index (χ2n) is 8.21. The molecule has 0 saturated heterocycles. The molecule has 0 aliphatic heterocycles. The first-order valence-corrected chi connectivity index (χ1v) is 11.6. The Morgan fingerprint density at radius 3 is 2.40 bits per heavy atom. The van der Waals surface area contributed by atoms with E-state index in [0.717, 1.165) is 33.3 Å². The van der Waals surface area contributed by atoms with E-state index in [9.17, 15) is 4.79 Å². The molecule has 0 unspecified atom stereocenters. The zero-order valence-electron chi connectivity index (χ0n) is 20.2. The molecule has 0 saturated carbocycles. The number of hydrogen-bond donors (Lipinski definition) is 0. The van der Waals surface area contributed by atoms with E-state index in [4.69, 9.17) is 18.9 Å². The third-order valence-corrected chi connectivity index (χ3v) is 5.39. The van der Waals surface area contributed by atoms with Crippen LogP contribution in [0.15, 0.2) is 72.8 Å². The van der Waals surface area contributed by atoms with Crippen LogP contribution in [-0.4, -0.2) is 24.2 Å². The van der Waals surface area contributed by atoms with Crippen LogP contribution in [-0.2, 0) is 22.7 Å². The number of hydrogen-bond acceptors (Lipinski definition) is 6. The van der Waals surface area contributed by atoms with E-state index in [1.807, 2.05) is 80.6 Å². The smallest absolute Gasteiger partial charge is 0.344 e. The molecule has 0 radical (unpaired) electrons. The fourth-order valence-corrected chi connectivity index (χ4v) is 3.75. The molecule has 1 aromatic heterocycles. The maximum Gasteiger partial charge on any atom is 0.344 e. The zero-order chi connectivity index (χ0) is 24.6. The molecule has 4 aromatic rings. The Labute approximate surface area is 205 Å². The largest absolute Gasteiger partial charge is 0.489 e. The lowest BCUT2D eigenvalue weighted by Crippen LogP contribution is -2.16. The van der Waals surface area contributed by atoms with Crippen LogP contribution < -0.4 is 14.2 Å². The average molecular weight is 472 g/mol. The molecule has 0 atom stereocenters. The molecule has 1 heterocycles. The highest BCUT2D eigenvalue weighted by atomic mass is 16.6. The SMILES string of the molecule is CCOC(=O)COc1c(C)cccc1COc1cc(C)cc(OCc2ccc3ccccc3n2)c1. The quantitative estimate of drug-likeness (QED) is 0.266. The fourth-order valence-electron chi connectivity index (χ4n) is 3.75. The molecule has 6 nitrogen and oxygen atoms in total. The van der Waals surface area contributed by atoms with E-state index in [-0.39, 0.29) is 13.2 Å². The van der Waals surface area contributed by atoms with Crippen molar-refractivity contribution in [1.82, 2.24) is 4.98 Å². The number of rotatable bonds is 10. The molecule has 0 aliphatic carbocycles. The van der Waals surface area contributed by atoms with E-state index < -0.39 is 5.97 Å². The van der Waals surface area contributed by atoms with Crippen LogP contribution in [0, 0.1) is 13.8 Å². The van der Waals surface area contributed by atoms with E-state index in [2.05, 4.69) is 11.1 Å². The predicted octanol–water partition coefficient (Wildman–Crippen LogP) is 5.95. The van der Waals surface area contributed by atoms with Gasteiger partial charge in [-0.05, 0) is 56.2 Å². The standard InChI is InChI=1S/C29H29NO5/c1-4-32-28(31)19-35-29-21(3)8-7-10-23(29)17-33-25-14-20(2)15-26(16-25)34-18-24-13-12-22-9-5-6-11-27(22)30-24/h5-16H,4,17-19H2,1-3H3. The molecular formula is C29H29NO5. The van der Waals surface area contributed by atoms with Gasteiger partial charge in [0.25, 0.3) is 0 Å². The number of carbonyl (C=O) groups excluding carboxylic acids is 1. The molecule has 6 heteroatoms. The molecule has 0 bridgehead atoms. The maximum absolute atomic E-state index is 11.7. The summed E-state index contributed by atoms with van der Waals surface area (Å²) in [6.45, 7) is 6.52. The summed E-state index contributed by atoms with van der Waals surface area (Å²) in [4.78, 5) is 16.4. The molecule has 0 aliphatic rings. The highest BCUT2D eigenvalue weighted by Crippen LogP contribution is 2.28. The molecule has 4 rings (SSSR count). The third kappa shape index (κ3) is 6.51. The van der Waals surface area contributed by atoms with Crippen molar-refractivity contribution in [2.75, 3.05) is 13.2 Å². The van der Waals surface area contributed by atoms with Crippen LogP contribution in [0.25, 0.3) is 10.9 Å². The number of para-hydroxylation sites is 2. The van der Waals surface area contributed by atoms with Crippen LogP contribution in [0.3, 0.4) is 0 Å². The van der Waals surface area contributed by atoms with Gasteiger partial charge in [-0.15, -0.1) is 0 Å². The van der Waals surface area contributed by atoms with Gasteiger partial charge < -0.3 is 18.9 Å². The number of benzene rings is 3. The second-order valence-corrected chi connectivity index (χ2v) is 8.21. The van der Waals surface area contributed by atoms with Crippen LogP contribution in [0.2, 0.25) is 0 Å². The van der Waals surface area contributed by atoms with Gasteiger partial charge in [-0.2, -0.15) is 0 Å². The second kappa shape index (κ2) is 11.4. The van der Waals surface area contributed by atoms with Crippen molar-refractivity contribution in [3.63, 3.8) is 0 Å². The van der Waals surface area contributed by atoms with Crippen molar-refractivity contribution in [2.45, 2.75) is 34.0 Å². The molecule has 35 heavy (non-hydrogen) atoms. The fraction of sp³-hybridized carbons (Fsp3) is 0.241. The zero-order valence-corrected chi connectivity index (χ0v) is 20.2. The summed E-state index contributed by atoms with van der Waals surface area (Å²) in [6.07, 6.45) is 0. The minimum Gasteiger partial charge on any atom is -0.489 e. The van der Waals surface area contributed by atoms with Gasteiger partial charge >= 0.3 is 5.97 Å². The number of pyridine rings is 1. The normalized spacial score (nSPS) is 10.7. The van der Waals surface area contributed by atoms with Gasteiger partial charge in [0, 0.05) is 17.0 Å². The number of aromatic nitrogens is 1. The minimum absolute atomic E-state index is 0.142. The van der Waals surface area contributed by atoms with Gasteiger partial charge in [-0.3, -0.25) is 0 Å². The molecule has 3 aromatic carbocycles. The lowest BCUT2D eigenvalue weighted by Gasteiger charge is -2.15. The number of nitrogens with zero attached hydrogens (tertiary/aromatic N) is 1. The van der Waals surface area contributed by atoms with Crippen LogP contribution in [0.1, 0.15) is 29.3 Å². The summed E-state index contributed by atoms with van der Waals surface area (Å²) in [6, 6.07) is 23.6. The van der Waals surface area contributed by atoms with Crippen LogP contribution in [0.4, 0.5) is 0 Å². The Morgan fingerprint density at radius 1 is 0.829 bits per heavy atom. The Kier molecular flexibility index (Phi) is 7.83. The number of carbonyl (C=O) groups is 1. The van der Waals surface area contributed by atoms with E-state index in [0.29, 0.717) is 30.5 Å². The highest BCUT2D eigenvalue weighted by Gasteiger charge is 2.12. The molecular weight excluding hydrogens is 442 g/mol. The van der Waals surface area contributed by atoms with Crippen LogP contribution in [0.5, 0.6) is 17.2 Å². The highest BCUT2D eigenvalue weighted by molar-refractivity contribution is 5.78. The molecule has 0 spiro atoms. The van der Waals surface area contributed by atoms with Gasteiger partial charge in [0.05, 0.1) is 17.8 Å². The average Bonchev–Trinajstić information content (AvgIpc) is 2.85. The number of fused-ring (bicyclic) bond motifs is 1. The van der Waals surface area contributed by atoms with Gasteiger partial charge in [-0.25, -0.2) is 9.78 Å². The Balaban J connectivity index is 1.42. The molecule has 180 valence electrons. The monoisotopic (exact) mass is 471 g/mol. The van der Waals surface area contributed by atoms with Crippen molar-refractivity contribution in [3.8, 4) is 17.2 Å². The molecule has 0 fully saturated rings. The summed E-state index contributed by atoms with van der Waals surface area (Å²) in [5.74, 6) is 1.62. The first-order valence-electron chi connectivity index (χ1n) is 11.6. The van der Waals surface area contributed by atoms with Gasteiger partial charge in [0.1, 0.15) is 30.5 Å². The number of esters is 1. The van der Waals surface area contributed by atoms with Gasteiger partial charge in [0.2, 0.25) is 0 Å². The topological polar surface area (TPSA) is 66.9 Å². The summed E-state index contributed by atoms with van der Waals surface area (Å²) in [7, 11) is 0. The minimum atomic E-state index is -0.399. The van der Waals surface area contributed by atoms with E-state index >= 15 is 0 Å². The van der Waals surface area contributed by atoms with Crippen LogP contribution >= 0.6 is 0 Å². The first-order chi connectivity index (χ1) is 17.0. The van der Waals surface area contributed by atoms with E-state index in [1.165, 1.54) is 0 Å². The lowest BCUT2D eigenvalue weighted by molar-refractivity contribution is -0.145. The molecule has 0 N–H and O–H groups in total. The summed E-state index contributed by atoms with van der Waals surface area (Å²) < 4.78 is 22.8. The predicted molar refractivity (Wildman–Crippen MR) is 135 cm³/mol. The number of aryl methyl sites for hydroxylation is 2. The maximum atomic E-state index is 11.7. The Hall–Kier alpha value is -4.06. The number of ether oxygens (including phenoxy) is 4. The summed E-state index contributed by atoms with van der Waals surface area (Å²) in [5.41, 5.74) is 4.59. The Bertz CT molecular complexity index is 1320. The Morgan fingerprint density at radius 2 is 1.60 bits per heavy atom. The lowest BCUT2D eigenvalue weighted by atomic mass is 10.1. The molecule has 0 amide bonds. The van der Waals surface area contributed by atoms with Gasteiger partial charge in [-0.1, -0.05) is 42.5 Å². The van der Waals surface area contributed by atoms with Gasteiger partial charge in [0.15, 0.2) is 6.61 Å². The van der Waals surface area contributed by atoms with E-state index in [1.54, 1.807) is 6.92 Å².